The molecule has 0 saturated carbocycles. The number of esters is 1. The molecule has 1 aromatic heterocycles. The zero-order valence-electron chi connectivity index (χ0n) is 22.9. The monoisotopic (exact) mass is 626 g/mol. The number of carbonyl (C=O) groups is 1. The highest BCUT2D eigenvalue weighted by atomic mass is 79.9. The Morgan fingerprint density at radius 2 is 1.77 bits per heavy atom. The molecular weight excluding hydrogens is 596 g/mol. The molecule has 0 spiro atoms. The summed E-state index contributed by atoms with van der Waals surface area (Å²) in [6.07, 6.45) is 3.47. The molecule has 1 atom stereocenters. The van der Waals surface area contributed by atoms with Crippen LogP contribution in [0.1, 0.15) is 44.9 Å². The van der Waals surface area contributed by atoms with Crippen LogP contribution >= 0.6 is 27.3 Å². The summed E-state index contributed by atoms with van der Waals surface area (Å²) >= 11 is 4.79. The summed E-state index contributed by atoms with van der Waals surface area (Å²) in [7, 11) is 0. The lowest BCUT2D eigenvalue weighted by molar-refractivity contribution is -0.139. The van der Waals surface area contributed by atoms with Crippen LogP contribution in [0.5, 0.6) is 17.2 Å². The second-order valence-electron chi connectivity index (χ2n) is 8.66. The highest BCUT2D eigenvalue weighted by Crippen LogP contribution is 2.36. The topological polar surface area (TPSA) is 88.3 Å². The van der Waals surface area contributed by atoms with Gasteiger partial charge in [0.15, 0.2) is 16.3 Å². The predicted molar refractivity (Wildman–Crippen MR) is 159 cm³/mol. The summed E-state index contributed by atoms with van der Waals surface area (Å²) in [5.41, 5.74) is 2.02. The lowest BCUT2D eigenvalue weighted by Gasteiger charge is -2.25. The number of aromatic nitrogens is 1. The van der Waals surface area contributed by atoms with Crippen molar-refractivity contribution in [3.8, 4) is 17.2 Å². The second-order valence-corrected chi connectivity index (χ2v) is 10.5. The van der Waals surface area contributed by atoms with Gasteiger partial charge in [-0.05, 0) is 85.1 Å². The minimum absolute atomic E-state index is 0.196. The molecule has 0 radical (unpaired) electrons. The summed E-state index contributed by atoms with van der Waals surface area (Å²) in [6, 6.07) is 10.3. The lowest BCUT2D eigenvalue weighted by Crippen LogP contribution is -2.40. The number of thiazole rings is 1. The van der Waals surface area contributed by atoms with Gasteiger partial charge in [0.05, 0.1) is 46.1 Å². The Kier molecular flexibility index (Phi) is 9.65. The average Bonchev–Trinajstić information content (AvgIpc) is 3.22. The Labute approximate surface area is 245 Å². The van der Waals surface area contributed by atoms with Crippen LogP contribution in [0.2, 0.25) is 0 Å². The van der Waals surface area contributed by atoms with Crippen molar-refractivity contribution in [1.29, 1.82) is 0 Å². The SMILES string of the molecule is C=CCOc1ccc(/C=c2\sc3n(c2=O)[C@@H](c2ccc(OCC)c(OCC)c2)C(C(=O)OCC)=C(C)N=3)cc1Br. The van der Waals surface area contributed by atoms with E-state index in [4.69, 9.17) is 18.9 Å². The zero-order valence-corrected chi connectivity index (χ0v) is 25.3. The maximum absolute atomic E-state index is 13.9. The number of fused-ring (bicyclic) bond motifs is 1. The van der Waals surface area contributed by atoms with Crippen LogP contribution < -0.4 is 29.1 Å². The largest absolute Gasteiger partial charge is 0.490 e. The molecule has 40 heavy (non-hydrogen) atoms. The third-order valence-corrected chi connectivity index (χ3v) is 7.61. The highest BCUT2D eigenvalue weighted by Gasteiger charge is 2.34. The molecule has 4 rings (SSSR count). The number of nitrogens with zero attached hydrogens (tertiary/aromatic N) is 2. The summed E-state index contributed by atoms with van der Waals surface area (Å²) in [5.74, 6) is 1.28. The fourth-order valence-electron chi connectivity index (χ4n) is 4.37. The number of hydrogen-bond acceptors (Lipinski definition) is 8. The van der Waals surface area contributed by atoms with Crippen molar-refractivity contribution in [2.45, 2.75) is 33.7 Å². The molecule has 3 aromatic rings. The highest BCUT2D eigenvalue weighted by molar-refractivity contribution is 9.10. The number of rotatable bonds is 11. The van der Waals surface area contributed by atoms with Crippen molar-refractivity contribution in [3.05, 3.63) is 95.6 Å². The molecule has 10 heteroatoms. The quantitative estimate of drug-likeness (QED) is 0.222. The van der Waals surface area contributed by atoms with E-state index < -0.39 is 12.0 Å². The fourth-order valence-corrected chi connectivity index (χ4v) is 5.93. The van der Waals surface area contributed by atoms with Crippen LogP contribution in [0.15, 0.2) is 74.6 Å². The molecule has 2 heterocycles. The number of hydrogen-bond donors (Lipinski definition) is 0. The third kappa shape index (κ3) is 6.08. The first-order valence-corrected chi connectivity index (χ1v) is 14.6. The smallest absolute Gasteiger partial charge is 0.338 e. The molecule has 0 fully saturated rings. The van der Waals surface area contributed by atoms with Gasteiger partial charge in [-0.25, -0.2) is 9.79 Å². The molecule has 0 aliphatic carbocycles. The van der Waals surface area contributed by atoms with Gasteiger partial charge in [-0.15, -0.1) is 0 Å². The molecule has 0 bridgehead atoms. The van der Waals surface area contributed by atoms with Crippen molar-refractivity contribution in [2.75, 3.05) is 26.4 Å². The van der Waals surface area contributed by atoms with Crippen LogP contribution in [-0.2, 0) is 9.53 Å². The van der Waals surface area contributed by atoms with Gasteiger partial charge >= 0.3 is 5.97 Å². The van der Waals surface area contributed by atoms with E-state index >= 15 is 0 Å². The van der Waals surface area contributed by atoms with Crippen molar-refractivity contribution in [3.63, 3.8) is 0 Å². The second kappa shape index (κ2) is 13.1. The zero-order chi connectivity index (χ0) is 28.8. The average molecular weight is 628 g/mol. The summed E-state index contributed by atoms with van der Waals surface area (Å²) in [4.78, 5) is 32.2. The van der Waals surface area contributed by atoms with Gasteiger partial charge < -0.3 is 18.9 Å². The number of carbonyl (C=O) groups excluding carboxylic acids is 1. The molecule has 0 saturated heterocycles. The van der Waals surface area contributed by atoms with Crippen molar-refractivity contribution >= 4 is 39.3 Å². The van der Waals surface area contributed by atoms with E-state index in [9.17, 15) is 9.59 Å². The van der Waals surface area contributed by atoms with Crippen LogP contribution in [0, 0.1) is 0 Å². The van der Waals surface area contributed by atoms with Gasteiger partial charge in [0.2, 0.25) is 0 Å². The first-order valence-electron chi connectivity index (χ1n) is 12.9. The molecular formula is C30H31BrN2O6S. The maximum Gasteiger partial charge on any atom is 0.338 e. The van der Waals surface area contributed by atoms with Gasteiger partial charge in [-0.3, -0.25) is 9.36 Å². The minimum Gasteiger partial charge on any atom is -0.490 e. The molecule has 0 amide bonds. The van der Waals surface area contributed by atoms with E-state index in [1.54, 1.807) is 36.6 Å². The Morgan fingerprint density at radius 3 is 2.45 bits per heavy atom. The van der Waals surface area contributed by atoms with E-state index in [0.29, 0.717) is 63.2 Å². The standard InChI is InChI=1S/C30H31BrN2O6S/c1-6-14-39-22-12-10-19(15-21(22)31)16-25-28(34)33-27(20-11-13-23(36-7-2)24(17-20)37-8-3)26(29(35)38-9-4)18(5)32-30(33)40-25/h6,10-13,15-17,27H,1,7-9,14H2,2-5H3/b25-16-/t27-/m0/s1. The molecule has 8 nitrogen and oxygen atoms in total. The number of allylic oxidation sites excluding steroid dienone is 1. The van der Waals surface area contributed by atoms with E-state index in [1.165, 1.54) is 11.3 Å². The molecule has 1 aliphatic heterocycles. The first kappa shape index (κ1) is 29.4. The summed E-state index contributed by atoms with van der Waals surface area (Å²) in [5, 5.41) is 0. The fraction of sp³-hybridized carbons (Fsp3) is 0.300. The van der Waals surface area contributed by atoms with E-state index in [2.05, 4.69) is 27.5 Å². The van der Waals surface area contributed by atoms with Gasteiger partial charge in [-0.1, -0.05) is 36.1 Å². The molecule has 1 aliphatic rings. The Morgan fingerprint density at radius 1 is 1.05 bits per heavy atom. The molecule has 2 aromatic carbocycles. The van der Waals surface area contributed by atoms with Crippen molar-refractivity contribution in [2.24, 2.45) is 4.99 Å². The van der Waals surface area contributed by atoms with E-state index in [1.807, 2.05) is 44.2 Å². The molecule has 210 valence electrons. The first-order chi connectivity index (χ1) is 19.3. The Hall–Kier alpha value is -3.63. The molecule has 0 N–H and O–H groups in total. The predicted octanol–water partition coefficient (Wildman–Crippen LogP) is 4.92. The van der Waals surface area contributed by atoms with Gasteiger partial charge in [-0.2, -0.15) is 0 Å². The van der Waals surface area contributed by atoms with Crippen molar-refractivity contribution < 1.29 is 23.7 Å². The van der Waals surface area contributed by atoms with Gasteiger partial charge in [0.1, 0.15) is 12.4 Å². The van der Waals surface area contributed by atoms with Gasteiger partial charge in [0, 0.05) is 0 Å². The van der Waals surface area contributed by atoms with Crippen LogP contribution in [0.3, 0.4) is 0 Å². The lowest BCUT2D eigenvalue weighted by atomic mass is 9.95. The third-order valence-electron chi connectivity index (χ3n) is 6.01. The molecule has 0 unspecified atom stereocenters. The number of benzene rings is 2. The number of halogens is 1. The maximum atomic E-state index is 13.9. The van der Waals surface area contributed by atoms with Gasteiger partial charge in [0.25, 0.3) is 5.56 Å². The summed E-state index contributed by atoms with van der Waals surface area (Å²) < 4.78 is 25.4. The van der Waals surface area contributed by atoms with Crippen LogP contribution in [-0.4, -0.2) is 37.0 Å². The Bertz CT molecular complexity index is 1640. The number of ether oxygens (including phenoxy) is 4. The normalized spacial score (nSPS) is 14.8. The summed E-state index contributed by atoms with van der Waals surface area (Å²) in [6.45, 7) is 12.4. The van der Waals surface area contributed by atoms with E-state index in [0.717, 1.165) is 10.0 Å². The van der Waals surface area contributed by atoms with Crippen molar-refractivity contribution in [1.82, 2.24) is 4.57 Å². The Balaban J connectivity index is 1.89. The van der Waals surface area contributed by atoms with Crippen LogP contribution in [0.4, 0.5) is 0 Å². The van der Waals surface area contributed by atoms with Crippen LogP contribution in [0.25, 0.3) is 6.08 Å². The minimum atomic E-state index is -0.756. The van der Waals surface area contributed by atoms with E-state index in [-0.39, 0.29) is 12.2 Å².